The van der Waals surface area contributed by atoms with Gasteiger partial charge in [-0.15, -0.1) is 0 Å². The summed E-state index contributed by atoms with van der Waals surface area (Å²) in [6.07, 6.45) is 6.12. The Morgan fingerprint density at radius 3 is 1.87 bits per heavy atom. The second-order valence-electron chi connectivity index (χ2n) is 6.66. The van der Waals surface area contributed by atoms with Gasteiger partial charge in [-0.3, -0.25) is 4.57 Å². The van der Waals surface area contributed by atoms with Gasteiger partial charge < -0.3 is 0 Å². The highest BCUT2D eigenvalue weighted by Gasteiger charge is 2.28. The minimum Gasteiger partial charge on any atom is -0.288 e. The molecule has 0 atom stereocenters. The zero-order chi connectivity index (χ0) is 16.3. The van der Waals surface area contributed by atoms with Gasteiger partial charge in [-0.25, -0.2) is 4.76 Å². The van der Waals surface area contributed by atoms with Crippen molar-refractivity contribution >= 4 is 23.6 Å². The molecule has 0 spiro atoms. The van der Waals surface area contributed by atoms with Crippen molar-refractivity contribution in [2.45, 2.75) is 26.7 Å². The van der Waals surface area contributed by atoms with Crippen LogP contribution in [0.25, 0.3) is 0 Å². The van der Waals surface area contributed by atoms with Gasteiger partial charge in [0, 0.05) is 16.3 Å². The molecule has 0 bridgehead atoms. The molecule has 0 amide bonds. The highest BCUT2D eigenvalue weighted by Crippen LogP contribution is 2.46. The molecule has 0 aromatic heterocycles. The molecule has 2 nitrogen and oxygen atoms in total. The SMILES string of the molecule is CC1(C)C=C/C(=N\P(=O)(c2ccccc2)c2ccccc2)CC1. The second-order valence-corrected chi connectivity index (χ2v) is 9.05. The summed E-state index contributed by atoms with van der Waals surface area (Å²) in [6.45, 7) is 4.43. The van der Waals surface area contributed by atoms with Gasteiger partial charge in [0.25, 0.3) is 0 Å². The summed E-state index contributed by atoms with van der Waals surface area (Å²) in [5.74, 6) is 0. The normalized spacial score (nSPS) is 19.0. The van der Waals surface area contributed by atoms with Crippen molar-refractivity contribution < 1.29 is 4.57 Å². The molecule has 118 valence electrons. The monoisotopic (exact) mass is 323 g/mol. The van der Waals surface area contributed by atoms with Gasteiger partial charge in [-0.1, -0.05) is 56.3 Å². The van der Waals surface area contributed by atoms with Gasteiger partial charge >= 0.3 is 0 Å². The van der Waals surface area contributed by atoms with Crippen LogP contribution in [-0.4, -0.2) is 5.71 Å². The minimum absolute atomic E-state index is 0.197. The Morgan fingerprint density at radius 1 is 0.913 bits per heavy atom. The van der Waals surface area contributed by atoms with Gasteiger partial charge in [-0.2, -0.15) is 0 Å². The topological polar surface area (TPSA) is 29.4 Å². The van der Waals surface area contributed by atoms with E-state index >= 15 is 0 Å². The molecule has 23 heavy (non-hydrogen) atoms. The third-order valence-corrected chi connectivity index (χ3v) is 6.77. The number of nitrogens with zero attached hydrogens (tertiary/aromatic N) is 1. The fourth-order valence-electron chi connectivity index (χ4n) is 2.73. The molecule has 0 unspecified atom stereocenters. The average molecular weight is 323 g/mol. The zero-order valence-corrected chi connectivity index (χ0v) is 14.5. The molecule has 0 saturated carbocycles. The van der Waals surface area contributed by atoms with E-state index in [4.69, 9.17) is 4.76 Å². The number of hydrogen-bond acceptors (Lipinski definition) is 1. The molecule has 2 aromatic rings. The van der Waals surface area contributed by atoms with Crippen LogP contribution in [0, 0.1) is 5.41 Å². The van der Waals surface area contributed by atoms with Crippen LogP contribution < -0.4 is 10.6 Å². The standard InChI is InChI=1S/C20H22NOP/c1-20(2)15-13-17(14-16-20)21-23(22,18-9-5-3-6-10-18)19-11-7-4-8-12-19/h3-13,15H,14,16H2,1-2H3/b21-17+. The predicted molar refractivity (Wildman–Crippen MR) is 99.3 cm³/mol. The molecule has 1 aliphatic rings. The first-order valence-electron chi connectivity index (χ1n) is 7.99. The highest BCUT2D eigenvalue weighted by atomic mass is 31.2. The average Bonchev–Trinajstić information content (AvgIpc) is 2.58. The first-order chi connectivity index (χ1) is 11.0. The zero-order valence-electron chi connectivity index (χ0n) is 13.6. The van der Waals surface area contributed by atoms with Gasteiger partial charge in [-0.05, 0) is 48.6 Å². The fourth-order valence-corrected chi connectivity index (χ4v) is 4.94. The first-order valence-corrected chi connectivity index (χ1v) is 9.65. The van der Waals surface area contributed by atoms with Crippen molar-refractivity contribution in [3.63, 3.8) is 0 Å². The Balaban J connectivity index is 2.10. The van der Waals surface area contributed by atoms with E-state index in [1.807, 2.05) is 66.7 Å². The van der Waals surface area contributed by atoms with Gasteiger partial charge in [0.1, 0.15) is 0 Å². The van der Waals surface area contributed by atoms with Crippen molar-refractivity contribution in [1.29, 1.82) is 0 Å². The number of allylic oxidation sites excluding steroid dienone is 2. The van der Waals surface area contributed by atoms with Gasteiger partial charge in [0.2, 0.25) is 7.29 Å². The van der Waals surface area contributed by atoms with Crippen molar-refractivity contribution in [3.8, 4) is 0 Å². The third kappa shape index (κ3) is 3.54. The van der Waals surface area contributed by atoms with Crippen LogP contribution in [0.5, 0.6) is 0 Å². The van der Waals surface area contributed by atoms with Gasteiger partial charge in [0.05, 0.1) is 0 Å². The molecule has 3 heteroatoms. The molecule has 2 aromatic carbocycles. The fraction of sp³-hybridized carbons (Fsp3) is 0.250. The first kappa shape index (κ1) is 16.0. The molecule has 3 rings (SSSR count). The van der Waals surface area contributed by atoms with E-state index in [9.17, 15) is 4.57 Å². The maximum atomic E-state index is 13.8. The number of benzene rings is 2. The Hall–Kier alpha value is -1.92. The Kier molecular flexibility index (Phi) is 4.37. The lowest BCUT2D eigenvalue weighted by molar-refractivity contribution is 0.442. The number of hydrogen-bond donors (Lipinski definition) is 0. The molecule has 0 heterocycles. The molecule has 1 aliphatic carbocycles. The van der Waals surface area contributed by atoms with Crippen molar-refractivity contribution in [1.82, 2.24) is 0 Å². The Bertz CT molecular complexity index is 732. The highest BCUT2D eigenvalue weighted by molar-refractivity contribution is 7.77. The quantitative estimate of drug-likeness (QED) is 0.751. The van der Waals surface area contributed by atoms with Crippen molar-refractivity contribution in [2.75, 3.05) is 0 Å². The smallest absolute Gasteiger partial charge is 0.247 e. The lowest BCUT2D eigenvalue weighted by Gasteiger charge is -2.25. The van der Waals surface area contributed by atoms with Crippen LogP contribution in [0.15, 0.2) is 77.6 Å². The van der Waals surface area contributed by atoms with E-state index in [0.717, 1.165) is 29.2 Å². The molecule has 0 aliphatic heterocycles. The summed E-state index contributed by atoms with van der Waals surface area (Å²) in [7, 11) is -3.00. The second kappa shape index (κ2) is 6.29. The molecule has 0 saturated heterocycles. The third-order valence-electron chi connectivity index (χ3n) is 4.23. The summed E-state index contributed by atoms with van der Waals surface area (Å²) in [5.41, 5.74) is 1.13. The summed E-state index contributed by atoms with van der Waals surface area (Å²) < 4.78 is 18.6. The summed E-state index contributed by atoms with van der Waals surface area (Å²) in [4.78, 5) is 0. The van der Waals surface area contributed by atoms with E-state index in [2.05, 4.69) is 19.9 Å². The largest absolute Gasteiger partial charge is 0.288 e. The van der Waals surface area contributed by atoms with Gasteiger partial charge in [0.15, 0.2) is 0 Å². The molecular weight excluding hydrogens is 301 g/mol. The van der Waals surface area contributed by atoms with Crippen LogP contribution in [0.1, 0.15) is 26.7 Å². The van der Waals surface area contributed by atoms with Crippen LogP contribution in [0.3, 0.4) is 0 Å². The van der Waals surface area contributed by atoms with Crippen LogP contribution >= 0.6 is 7.29 Å². The van der Waals surface area contributed by atoms with E-state index in [0.29, 0.717) is 0 Å². The molecular formula is C20H22NOP. The van der Waals surface area contributed by atoms with Crippen LogP contribution in [0.2, 0.25) is 0 Å². The van der Waals surface area contributed by atoms with E-state index in [-0.39, 0.29) is 5.41 Å². The molecule has 0 radical (unpaired) electrons. The minimum atomic E-state index is -3.00. The lowest BCUT2D eigenvalue weighted by Crippen LogP contribution is -2.18. The van der Waals surface area contributed by atoms with Crippen molar-refractivity contribution in [3.05, 3.63) is 72.8 Å². The summed E-state index contributed by atoms with van der Waals surface area (Å²) >= 11 is 0. The maximum absolute atomic E-state index is 13.8. The number of rotatable bonds is 3. The van der Waals surface area contributed by atoms with E-state index < -0.39 is 7.29 Å². The molecule has 0 N–H and O–H groups in total. The molecule has 0 fully saturated rings. The van der Waals surface area contributed by atoms with E-state index in [1.54, 1.807) is 0 Å². The predicted octanol–water partition coefficient (Wildman–Crippen LogP) is 4.73. The summed E-state index contributed by atoms with van der Waals surface area (Å²) in [5, 5.41) is 1.58. The maximum Gasteiger partial charge on any atom is 0.247 e. The Labute approximate surface area is 138 Å². The summed E-state index contributed by atoms with van der Waals surface area (Å²) in [6, 6.07) is 19.2. The Morgan fingerprint density at radius 2 is 1.43 bits per heavy atom. The lowest BCUT2D eigenvalue weighted by atomic mass is 9.82. The van der Waals surface area contributed by atoms with Crippen LogP contribution in [0.4, 0.5) is 0 Å². The van der Waals surface area contributed by atoms with E-state index in [1.165, 1.54) is 0 Å². The van der Waals surface area contributed by atoms with Crippen LogP contribution in [-0.2, 0) is 4.57 Å². The van der Waals surface area contributed by atoms with Crippen molar-refractivity contribution in [2.24, 2.45) is 10.2 Å².